The number of morpholine rings is 1. The van der Waals surface area contributed by atoms with E-state index in [2.05, 4.69) is 43.5 Å². The predicted octanol–water partition coefficient (Wildman–Crippen LogP) is 3.23. The van der Waals surface area contributed by atoms with E-state index in [0.717, 1.165) is 52.9 Å². The highest BCUT2D eigenvalue weighted by Crippen LogP contribution is 2.34. The summed E-state index contributed by atoms with van der Waals surface area (Å²) in [5.41, 5.74) is 9.74. The normalized spacial score (nSPS) is 17.2. The summed E-state index contributed by atoms with van der Waals surface area (Å²) in [6.07, 6.45) is 3.35. The number of benzene rings is 1. The number of anilines is 2. The van der Waals surface area contributed by atoms with Crippen LogP contribution in [0.15, 0.2) is 48.7 Å². The molecule has 2 N–H and O–H groups in total. The summed E-state index contributed by atoms with van der Waals surface area (Å²) < 4.78 is 34.2. The van der Waals surface area contributed by atoms with Gasteiger partial charge in [0.15, 0.2) is 5.82 Å². The standard InChI is InChI=1S/C28H35ClN8O3S2/c1-42(38,39)37-11-9-34(10-12-37)20-24-17-25-26(41-24)27(35-13-15-40-16-14-35)32-28(31-25)33-30-18-23-3-2-8-36(23)19-21-4-6-22(29)7-5-21/h2-8,17,30H,9-16,18-20H2,1H3,(H,31,32,33). The van der Waals surface area contributed by atoms with Gasteiger partial charge < -0.3 is 14.2 Å². The number of thiophene rings is 1. The van der Waals surface area contributed by atoms with E-state index in [-0.39, 0.29) is 0 Å². The van der Waals surface area contributed by atoms with Gasteiger partial charge in [-0.15, -0.1) is 11.3 Å². The molecule has 224 valence electrons. The number of hydrogen-bond acceptors (Lipinski definition) is 10. The zero-order valence-corrected chi connectivity index (χ0v) is 25.9. The molecule has 5 heterocycles. The fraction of sp³-hybridized carbons (Fsp3) is 0.429. The Balaban J connectivity index is 1.15. The molecule has 0 atom stereocenters. The Morgan fingerprint density at radius 2 is 1.76 bits per heavy atom. The molecule has 0 bridgehead atoms. The maximum atomic E-state index is 11.9. The number of fused-ring (bicyclic) bond motifs is 1. The van der Waals surface area contributed by atoms with Crippen molar-refractivity contribution < 1.29 is 13.2 Å². The molecular formula is C28H35ClN8O3S2. The third-order valence-corrected chi connectivity index (χ3v) is 10.2. The number of sulfonamides is 1. The van der Waals surface area contributed by atoms with Crippen molar-refractivity contribution in [3.05, 3.63) is 69.8 Å². The molecule has 0 aliphatic carbocycles. The topological polar surface area (TPSA) is 108 Å². The number of piperazine rings is 1. The summed E-state index contributed by atoms with van der Waals surface area (Å²) >= 11 is 7.76. The van der Waals surface area contributed by atoms with Crippen LogP contribution in [-0.4, -0.2) is 90.9 Å². The van der Waals surface area contributed by atoms with Crippen LogP contribution in [0.5, 0.6) is 0 Å². The van der Waals surface area contributed by atoms with Crippen molar-refractivity contribution in [3.8, 4) is 0 Å². The minimum absolute atomic E-state index is 0.519. The fourth-order valence-corrected chi connectivity index (χ4v) is 7.40. The monoisotopic (exact) mass is 630 g/mol. The summed E-state index contributed by atoms with van der Waals surface area (Å²) in [5.74, 6) is 1.43. The van der Waals surface area contributed by atoms with Crippen LogP contribution in [0.2, 0.25) is 5.02 Å². The Morgan fingerprint density at radius 3 is 2.50 bits per heavy atom. The van der Waals surface area contributed by atoms with E-state index in [4.69, 9.17) is 26.3 Å². The van der Waals surface area contributed by atoms with E-state index in [1.165, 1.54) is 16.7 Å². The van der Waals surface area contributed by atoms with Crippen molar-refractivity contribution >= 4 is 54.9 Å². The van der Waals surface area contributed by atoms with Crippen LogP contribution in [0.4, 0.5) is 11.8 Å². The quantitative estimate of drug-likeness (QED) is 0.255. The Kier molecular flexibility index (Phi) is 8.96. The Hall–Kier alpha value is -2.78. The first kappa shape index (κ1) is 29.3. The lowest BCUT2D eigenvalue weighted by Crippen LogP contribution is -2.47. The average molecular weight is 631 g/mol. The van der Waals surface area contributed by atoms with Crippen LogP contribution in [0.3, 0.4) is 0 Å². The molecule has 4 aromatic rings. The summed E-state index contributed by atoms with van der Waals surface area (Å²) in [7, 11) is -3.15. The zero-order chi connectivity index (χ0) is 29.1. The predicted molar refractivity (Wildman–Crippen MR) is 168 cm³/mol. The molecule has 0 saturated carbocycles. The molecule has 3 aromatic heterocycles. The van der Waals surface area contributed by atoms with Gasteiger partial charge in [0.2, 0.25) is 16.0 Å². The minimum Gasteiger partial charge on any atom is -0.378 e. The van der Waals surface area contributed by atoms with E-state index in [1.807, 2.05) is 30.3 Å². The highest BCUT2D eigenvalue weighted by molar-refractivity contribution is 7.88. The van der Waals surface area contributed by atoms with E-state index >= 15 is 0 Å². The Morgan fingerprint density at radius 1 is 1.00 bits per heavy atom. The van der Waals surface area contributed by atoms with Crippen molar-refractivity contribution in [2.45, 2.75) is 19.6 Å². The second-order valence-corrected chi connectivity index (χ2v) is 14.1. The van der Waals surface area contributed by atoms with Crippen molar-refractivity contribution in [1.82, 2.24) is 29.2 Å². The number of aromatic nitrogens is 3. The van der Waals surface area contributed by atoms with Gasteiger partial charge in [-0.1, -0.05) is 23.7 Å². The second-order valence-electron chi connectivity index (χ2n) is 10.6. The molecule has 0 radical (unpaired) electrons. The molecule has 2 aliphatic rings. The Labute approximate surface area is 255 Å². The highest BCUT2D eigenvalue weighted by atomic mass is 35.5. The molecule has 0 unspecified atom stereocenters. The average Bonchev–Trinajstić information content (AvgIpc) is 3.60. The van der Waals surface area contributed by atoms with Gasteiger partial charge in [-0.25, -0.2) is 18.8 Å². The smallest absolute Gasteiger partial charge is 0.239 e. The van der Waals surface area contributed by atoms with Crippen LogP contribution in [0.25, 0.3) is 10.2 Å². The molecule has 1 aromatic carbocycles. The first-order chi connectivity index (χ1) is 20.3. The van der Waals surface area contributed by atoms with E-state index < -0.39 is 10.0 Å². The van der Waals surface area contributed by atoms with Gasteiger partial charge in [-0.2, -0.15) is 9.29 Å². The third kappa shape index (κ3) is 7.05. The highest BCUT2D eigenvalue weighted by Gasteiger charge is 2.25. The van der Waals surface area contributed by atoms with Gasteiger partial charge in [0.05, 0.1) is 36.2 Å². The molecule has 0 spiro atoms. The van der Waals surface area contributed by atoms with Crippen LogP contribution in [0.1, 0.15) is 16.1 Å². The molecule has 14 heteroatoms. The SMILES string of the molecule is CS(=O)(=O)N1CCN(Cc2cc3nc(NNCc4cccn4Cc4ccc(Cl)cc4)nc(N4CCOCC4)c3s2)CC1. The molecule has 11 nitrogen and oxygen atoms in total. The lowest BCUT2D eigenvalue weighted by Gasteiger charge is -2.32. The number of halogens is 1. The van der Waals surface area contributed by atoms with Crippen molar-refractivity contribution in [3.63, 3.8) is 0 Å². The summed E-state index contributed by atoms with van der Waals surface area (Å²) in [6, 6.07) is 14.2. The molecule has 2 aliphatic heterocycles. The first-order valence-electron chi connectivity index (χ1n) is 14.0. The van der Waals surface area contributed by atoms with Gasteiger partial charge in [0, 0.05) is 74.1 Å². The number of nitrogens with zero attached hydrogens (tertiary/aromatic N) is 6. The number of rotatable bonds is 10. The van der Waals surface area contributed by atoms with Gasteiger partial charge in [-0.05, 0) is 35.9 Å². The second kappa shape index (κ2) is 12.8. The van der Waals surface area contributed by atoms with Gasteiger partial charge in [0.1, 0.15) is 0 Å². The largest absolute Gasteiger partial charge is 0.378 e. The van der Waals surface area contributed by atoms with Crippen molar-refractivity contribution in [2.24, 2.45) is 0 Å². The molecule has 42 heavy (non-hydrogen) atoms. The zero-order valence-electron chi connectivity index (χ0n) is 23.5. The molecule has 0 amide bonds. The molecule has 6 rings (SSSR count). The van der Waals surface area contributed by atoms with Crippen LogP contribution in [0, 0.1) is 0 Å². The van der Waals surface area contributed by atoms with E-state index in [1.54, 1.807) is 15.6 Å². The van der Waals surface area contributed by atoms with E-state index in [0.29, 0.717) is 51.9 Å². The summed E-state index contributed by atoms with van der Waals surface area (Å²) in [5, 5.41) is 0.732. The van der Waals surface area contributed by atoms with Gasteiger partial charge >= 0.3 is 0 Å². The van der Waals surface area contributed by atoms with E-state index in [9.17, 15) is 8.42 Å². The summed E-state index contributed by atoms with van der Waals surface area (Å²) in [6.45, 7) is 7.44. The Bertz CT molecular complexity index is 1610. The molecular weight excluding hydrogens is 596 g/mol. The fourth-order valence-electron chi connectivity index (χ4n) is 5.29. The minimum atomic E-state index is -3.15. The summed E-state index contributed by atoms with van der Waals surface area (Å²) in [4.78, 5) is 15.5. The van der Waals surface area contributed by atoms with Gasteiger partial charge in [0.25, 0.3) is 0 Å². The molecule has 2 saturated heterocycles. The van der Waals surface area contributed by atoms with Crippen LogP contribution >= 0.6 is 22.9 Å². The number of nitrogens with one attached hydrogen (secondary N) is 2. The van der Waals surface area contributed by atoms with Crippen molar-refractivity contribution in [2.75, 3.05) is 69.1 Å². The lowest BCUT2D eigenvalue weighted by molar-refractivity contribution is 0.122. The maximum Gasteiger partial charge on any atom is 0.239 e. The maximum absolute atomic E-state index is 11.9. The van der Waals surface area contributed by atoms with Crippen LogP contribution in [-0.2, 0) is 34.4 Å². The number of hydrogen-bond donors (Lipinski definition) is 2. The van der Waals surface area contributed by atoms with Crippen molar-refractivity contribution in [1.29, 1.82) is 0 Å². The molecule has 2 fully saturated rings. The third-order valence-electron chi connectivity index (χ3n) is 7.55. The number of ether oxygens (including phenoxy) is 1. The number of hydrazine groups is 1. The first-order valence-corrected chi connectivity index (χ1v) is 17.0. The lowest BCUT2D eigenvalue weighted by atomic mass is 10.2. The van der Waals surface area contributed by atoms with Crippen LogP contribution < -0.4 is 15.8 Å². The van der Waals surface area contributed by atoms with Gasteiger partial charge in [-0.3, -0.25) is 10.3 Å².